The Bertz CT molecular complexity index is 427. The van der Waals surface area contributed by atoms with Gasteiger partial charge in [-0.3, -0.25) is 0 Å². The number of halogens is 4. The molecule has 0 aliphatic rings. The van der Waals surface area contributed by atoms with E-state index < -0.39 is 12.8 Å². The summed E-state index contributed by atoms with van der Waals surface area (Å²) in [5.74, 6) is 0.0817. The Morgan fingerprint density at radius 1 is 1.21 bits per heavy atom. The second-order valence-corrected chi connectivity index (χ2v) is 5.64. The molecule has 108 valence electrons. The second-order valence-electron chi connectivity index (χ2n) is 5.24. The van der Waals surface area contributed by atoms with Crippen LogP contribution in [0.3, 0.4) is 0 Å². The zero-order valence-corrected chi connectivity index (χ0v) is 11.8. The molecule has 1 aromatic carbocycles. The molecule has 0 aromatic heterocycles. The van der Waals surface area contributed by atoms with Crippen LogP contribution in [0.25, 0.3) is 0 Å². The number of nitrogens with one attached hydrogen (secondary N) is 1. The molecule has 19 heavy (non-hydrogen) atoms. The van der Waals surface area contributed by atoms with Crippen molar-refractivity contribution in [3.05, 3.63) is 28.8 Å². The summed E-state index contributed by atoms with van der Waals surface area (Å²) in [5, 5.41) is 3.36. The van der Waals surface area contributed by atoms with E-state index in [1.54, 1.807) is 12.1 Å². The molecule has 1 aromatic rings. The van der Waals surface area contributed by atoms with Gasteiger partial charge in [-0.05, 0) is 26.8 Å². The van der Waals surface area contributed by atoms with Crippen LogP contribution in [0.15, 0.2) is 18.2 Å². The smallest absolute Gasteiger partial charge is 0.422 e. The van der Waals surface area contributed by atoms with Crippen molar-refractivity contribution in [3.63, 3.8) is 0 Å². The number of benzene rings is 1. The van der Waals surface area contributed by atoms with Crippen LogP contribution in [-0.4, -0.2) is 18.3 Å². The first kappa shape index (κ1) is 16.1. The molecule has 0 aliphatic heterocycles. The minimum atomic E-state index is -4.38. The first-order chi connectivity index (χ1) is 8.58. The molecular formula is C13H17ClF3NO. The van der Waals surface area contributed by atoms with Gasteiger partial charge in [0.1, 0.15) is 5.75 Å². The predicted molar refractivity (Wildman–Crippen MR) is 69.6 cm³/mol. The summed E-state index contributed by atoms with van der Waals surface area (Å²) in [7, 11) is 0. The van der Waals surface area contributed by atoms with Crippen molar-refractivity contribution in [2.24, 2.45) is 0 Å². The fraction of sp³-hybridized carbons (Fsp3) is 0.538. The van der Waals surface area contributed by atoms with E-state index in [9.17, 15) is 13.2 Å². The van der Waals surface area contributed by atoms with Crippen molar-refractivity contribution in [1.82, 2.24) is 5.32 Å². The first-order valence-electron chi connectivity index (χ1n) is 5.80. The highest BCUT2D eigenvalue weighted by molar-refractivity contribution is 6.32. The largest absolute Gasteiger partial charge is 0.482 e. The van der Waals surface area contributed by atoms with Gasteiger partial charge in [0, 0.05) is 17.6 Å². The van der Waals surface area contributed by atoms with Crippen molar-refractivity contribution in [3.8, 4) is 5.75 Å². The average molecular weight is 296 g/mol. The van der Waals surface area contributed by atoms with Gasteiger partial charge in [-0.15, -0.1) is 0 Å². The SMILES string of the molecule is CC(C)(C)NCc1cccc(Cl)c1OCC(F)(F)F. The molecule has 2 nitrogen and oxygen atoms in total. The van der Waals surface area contributed by atoms with E-state index in [-0.39, 0.29) is 16.3 Å². The zero-order chi connectivity index (χ0) is 14.7. The Morgan fingerprint density at radius 2 is 1.84 bits per heavy atom. The minimum absolute atomic E-state index is 0.0817. The summed E-state index contributed by atoms with van der Waals surface area (Å²) in [5.41, 5.74) is 0.454. The van der Waals surface area contributed by atoms with Crippen LogP contribution in [0.4, 0.5) is 13.2 Å². The van der Waals surface area contributed by atoms with Gasteiger partial charge in [-0.2, -0.15) is 13.2 Å². The third kappa shape index (κ3) is 6.16. The van der Waals surface area contributed by atoms with E-state index in [4.69, 9.17) is 16.3 Å². The van der Waals surface area contributed by atoms with Gasteiger partial charge in [0.2, 0.25) is 0 Å². The number of alkyl halides is 3. The summed E-state index contributed by atoms with van der Waals surface area (Å²) in [6, 6.07) is 4.88. The van der Waals surface area contributed by atoms with Gasteiger partial charge >= 0.3 is 6.18 Å². The number of para-hydroxylation sites is 1. The molecule has 0 spiro atoms. The van der Waals surface area contributed by atoms with Gasteiger partial charge < -0.3 is 10.1 Å². The monoisotopic (exact) mass is 295 g/mol. The normalized spacial score (nSPS) is 12.6. The van der Waals surface area contributed by atoms with E-state index in [0.717, 1.165) is 0 Å². The number of ether oxygens (including phenoxy) is 1. The molecule has 0 saturated heterocycles. The van der Waals surface area contributed by atoms with Crippen molar-refractivity contribution in [2.75, 3.05) is 6.61 Å². The Balaban J connectivity index is 2.83. The molecule has 0 amide bonds. The third-order valence-electron chi connectivity index (χ3n) is 2.24. The van der Waals surface area contributed by atoms with E-state index >= 15 is 0 Å². The Morgan fingerprint density at radius 3 is 2.37 bits per heavy atom. The number of rotatable bonds is 4. The Hall–Kier alpha value is -0.940. The number of hydrogen-bond acceptors (Lipinski definition) is 2. The van der Waals surface area contributed by atoms with Crippen LogP contribution in [0.1, 0.15) is 26.3 Å². The van der Waals surface area contributed by atoms with Crippen molar-refractivity contribution in [1.29, 1.82) is 0 Å². The molecule has 0 saturated carbocycles. The molecular weight excluding hydrogens is 279 g/mol. The second kappa shape index (κ2) is 6.01. The highest BCUT2D eigenvalue weighted by Gasteiger charge is 2.29. The molecule has 0 fully saturated rings. The molecule has 0 atom stereocenters. The minimum Gasteiger partial charge on any atom is -0.482 e. The van der Waals surface area contributed by atoms with Gasteiger partial charge in [-0.25, -0.2) is 0 Å². The van der Waals surface area contributed by atoms with Crippen LogP contribution >= 0.6 is 11.6 Å². The van der Waals surface area contributed by atoms with E-state index in [1.165, 1.54) is 6.07 Å². The van der Waals surface area contributed by atoms with Crippen LogP contribution in [-0.2, 0) is 6.54 Å². The van der Waals surface area contributed by atoms with Crippen molar-refractivity contribution < 1.29 is 17.9 Å². The topological polar surface area (TPSA) is 21.3 Å². The summed E-state index contributed by atoms with van der Waals surface area (Å²) >= 11 is 5.89. The maximum Gasteiger partial charge on any atom is 0.422 e. The molecule has 1 rings (SSSR count). The average Bonchev–Trinajstić information content (AvgIpc) is 2.22. The van der Waals surface area contributed by atoms with Crippen LogP contribution < -0.4 is 10.1 Å². The first-order valence-corrected chi connectivity index (χ1v) is 6.18. The van der Waals surface area contributed by atoms with Gasteiger partial charge in [-0.1, -0.05) is 23.7 Å². The summed E-state index contributed by atoms with van der Waals surface area (Å²) in [6.45, 7) is 4.94. The van der Waals surface area contributed by atoms with Gasteiger partial charge in [0.15, 0.2) is 6.61 Å². The fourth-order valence-electron chi connectivity index (χ4n) is 1.37. The molecule has 0 heterocycles. The highest BCUT2D eigenvalue weighted by atomic mass is 35.5. The molecule has 6 heteroatoms. The maximum atomic E-state index is 12.2. The number of hydrogen-bond donors (Lipinski definition) is 1. The Kier molecular flexibility index (Phi) is 5.10. The highest BCUT2D eigenvalue weighted by Crippen LogP contribution is 2.30. The molecule has 0 radical (unpaired) electrons. The standard InChI is InChI=1S/C13H17ClF3NO/c1-12(2,3)18-7-9-5-4-6-10(14)11(9)19-8-13(15,16)17/h4-6,18H,7-8H2,1-3H3. The Labute approximate surface area is 115 Å². The molecule has 0 aliphatic carbocycles. The lowest BCUT2D eigenvalue weighted by Crippen LogP contribution is -2.35. The van der Waals surface area contributed by atoms with E-state index in [0.29, 0.717) is 12.1 Å². The molecule has 0 unspecified atom stereocenters. The third-order valence-corrected chi connectivity index (χ3v) is 2.54. The van der Waals surface area contributed by atoms with Gasteiger partial charge in [0.25, 0.3) is 0 Å². The lowest BCUT2D eigenvalue weighted by Gasteiger charge is -2.22. The lowest BCUT2D eigenvalue weighted by atomic mass is 10.1. The molecule has 1 N–H and O–H groups in total. The lowest BCUT2D eigenvalue weighted by molar-refractivity contribution is -0.153. The van der Waals surface area contributed by atoms with Crippen molar-refractivity contribution in [2.45, 2.75) is 39.0 Å². The van der Waals surface area contributed by atoms with Crippen molar-refractivity contribution >= 4 is 11.6 Å². The van der Waals surface area contributed by atoms with Gasteiger partial charge in [0.05, 0.1) is 5.02 Å². The molecule has 0 bridgehead atoms. The zero-order valence-electron chi connectivity index (χ0n) is 11.1. The van der Waals surface area contributed by atoms with Crippen LogP contribution in [0.5, 0.6) is 5.75 Å². The van der Waals surface area contributed by atoms with Crippen LogP contribution in [0, 0.1) is 0 Å². The van der Waals surface area contributed by atoms with E-state index in [2.05, 4.69) is 5.32 Å². The maximum absolute atomic E-state index is 12.2. The fourth-order valence-corrected chi connectivity index (χ4v) is 1.62. The summed E-state index contributed by atoms with van der Waals surface area (Å²) < 4.78 is 41.4. The predicted octanol–water partition coefficient (Wildman–Crippen LogP) is 4.17. The van der Waals surface area contributed by atoms with Crippen LogP contribution in [0.2, 0.25) is 5.02 Å². The quantitative estimate of drug-likeness (QED) is 0.900. The van der Waals surface area contributed by atoms with E-state index in [1.807, 2.05) is 20.8 Å². The summed E-state index contributed by atoms with van der Waals surface area (Å²) in [4.78, 5) is 0. The summed E-state index contributed by atoms with van der Waals surface area (Å²) in [6.07, 6.45) is -4.38.